The van der Waals surface area contributed by atoms with Crippen LogP contribution < -0.4 is 11.1 Å². The molecule has 39 heavy (non-hydrogen) atoms. The van der Waals surface area contributed by atoms with Crippen molar-refractivity contribution in [1.29, 1.82) is 0 Å². The molecule has 7 rings (SSSR count). The Morgan fingerprint density at radius 3 is 2.79 bits per heavy atom. The van der Waals surface area contributed by atoms with Crippen molar-refractivity contribution in [3.8, 4) is 11.4 Å². The summed E-state index contributed by atoms with van der Waals surface area (Å²) in [5.41, 5.74) is 2.22. The zero-order valence-corrected chi connectivity index (χ0v) is 20.9. The maximum absolute atomic E-state index is 13.4. The van der Waals surface area contributed by atoms with Gasteiger partial charge in [0, 0.05) is 30.6 Å². The Kier molecular flexibility index (Phi) is 5.10. The van der Waals surface area contributed by atoms with Crippen LogP contribution in [0, 0.1) is 12.7 Å². The molecule has 0 radical (unpaired) electrons. The van der Waals surface area contributed by atoms with Crippen molar-refractivity contribution in [3.63, 3.8) is 0 Å². The molecule has 0 saturated heterocycles. The second-order valence-corrected chi connectivity index (χ2v) is 9.33. The standard InChI is InChI=1S/C26H22FN9O3/c1-3-36-25(37)38-24(34-36)26(23-30-13(2)39-35-23)21-16(15-6-4-5-7-17(15)31-21)10-19(33-26)22-29-12-20(32-22)18-9-8-14(27)11-28-18/h4-9,11-12,19,31,33H,3,10H2,1-2H3,(H,29,32)/t19-,26?/m1/s1. The van der Waals surface area contributed by atoms with Gasteiger partial charge in [0.05, 0.1) is 23.6 Å². The van der Waals surface area contributed by atoms with Gasteiger partial charge in [-0.15, -0.1) is 5.10 Å². The second kappa shape index (κ2) is 8.56. The van der Waals surface area contributed by atoms with Crippen LogP contribution in [0.5, 0.6) is 0 Å². The summed E-state index contributed by atoms with van der Waals surface area (Å²) < 4.78 is 25.8. The van der Waals surface area contributed by atoms with E-state index in [2.05, 4.69) is 35.5 Å². The Hall–Kier alpha value is -4.91. The third-order valence-electron chi connectivity index (χ3n) is 6.99. The molecule has 1 aromatic carbocycles. The van der Waals surface area contributed by atoms with Gasteiger partial charge in [-0.05, 0) is 37.1 Å². The number of nitrogens with zero attached hydrogens (tertiary/aromatic N) is 6. The number of hydrogen-bond donors (Lipinski definition) is 3. The van der Waals surface area contributed by atoms with Crippen LogP contribution in [0.1, 0.15) is 47.7 Å². The molecule has 1 unspecified atom stereocenters. The Balaban J connectivity index is 1.46. The largest absolute Gasteiger partial charge is 0.437 e. The lowest BCUT2D eigenvalue weighted by Gasteiger charge is -2.37. The fraction of sp³-hybridized carbons (Fsp3) is 0.231. The first kappa shape index (κ1) is 23.2. The number of halogens is 1. The van der Waals surface area contributed by atoms with Gasteiger partial charge >= 0.3 is 5.76 Å². The molecule has 5 aromatic heterocycles. The topological polar surface area (TPSA) is 156 Å². The van der Waals surface area contributed by atoms with Crippen LogP contribution in [-0.4, -0.2) is 39.9 Å². The molecule has 1 aliphatic rings. The van der Waals surface area contributed by atoms with Gasteiger partial charge in [-0.25, -0.2) is 14.2 Å². The van der Waals surface area contributed by atoms with E-state index in [1.165, 1.54) is 10.7 Å². The summed E-state index contributed by atoms with van der Waals surface area (Å²) in [5.74, 6) is 0.202. The molecule has 0 aliphatic carbocycles. The lowest BCUT2D eigenvalue weighted by atomic mass is 9.82. The number of hydrogen-bond acceptors (Lipinski definition) is 9. The molecule has 1 aliphatic heterocycles. The van der Waals surface area contributed by atoms with Crippen molar-refractivity contribution < 1.29 is 13.3 Å². The molecular formula is C26H22FN9O3. The number of pyridine rings is 1. The highest BCUT2D eigenvalue weighted by atomic mass is 19.1. The van der Waals surface area contributed by atoms with Crippen molar-refractivity contribution >= 4 is 10.9 Å². The molecule has 2 atom stereocenters. The highest BCUT2D eigenvalue weighted by Gasteiger charge is 2.53. The minimum atomic E-state index is -1.41. The van der Waals surface area contributed by atoms with E-state index >= 15 is 0 Å². The van der Waals surface area contributed by atoms with Crippen LogP contribution >= 0.6 is 0 Å². The molecule has 0 bridgehead atoms. The number of imidazole rings is 1. The van der Waals surface area contributed by atoms with Gasteiger partial charge in [-0.1, -0.05) is 23.4 Å². The highest BCUT2D eigenvalue weighted by molar-refractivity contribution is 5.86. The third-order valence-corrected chi connectivity index (χ3v) is 6.99. The van der Waals surface area contributed by atoms with Gasteiger partial charge in [0.15, 0.2) is 0 Å². The first-order valence-electron chi connectivity index (χ1n) is 12.4. The summed E-state index contributed by atoms with van der Waals surface area (Å²) in [6.07, 6.45) is 3.39. The van der Waals surface area contributed by atoms with E-state index in [4.69, 9.17) is 13.9 Å². The van der Waals surface area contributed by atoms with E-state index in [0.29, 0.717) is 41.8 Å². The average Bonchev–Trinajstić information content (AvgIpc) is 3.74. The first-order chi connectivity index (χ1) is 19.0. The van der Waals surface area contributed by atoms with Crippen molar-refractivity contribution in [3.05, 3.63) is 99.8 Å². The zero-order valence-electron chi connectivity index (χ0n) is 20.9. The van der Waals surface area contributed by atoms with Gasteiger partial charge in [0.25, 0.3) is 5.89 Å². The summed E-state index contributed by atoms with van der Waals surface area (Å²) in [4.78, 5) is 32.9. The van der Waals surface area contributed by atoms with Crippen molar-refractivity contribution in [2.45, 2.75) is 38.4 Å². The number of rotatable bonds is 5. The number of H-pyrrole nitrogens is 2. The van der Waals surface area contributed by atoms with Crippen LogP contribution in [0.4, 0.5) is 4.39 Å². The van der Waals surface area contributed by atoms with Gasteiger partial charge in [0.1, 0.15) is 17.3 Å². The quantitative estimate of drug-likeness (QED) is 0.306. The van der Waals surface area contributed by atoms with Gasteiger partial charge in [0.2, 0.25) is 17.3 Å². The zero-order chi connectivity index (χ0) is 26.7. The van der Waals surface area contributed by atoms with Crippen molar-refractivity contribution in [2.75, 3.05) is 0 Å². The molecule has 0 amide bonds. The highest BCUT2D eigenvalue weighted by Crippen LogP contribution is 2.45. The van der Waals surface area contributed by atoms with Crippen LogP contribution in [0.15, 0.2) is 62.5 Å². The summed E-state index contributed by atoms with van der Waals surface area (Å²) in [7, 11) is 0. The maximum Gasteiger partial charge on any atom is 0.437 e. The fourth-order valence-corrected chi connectivity index (χ4v) is 5.21. The van der Waals surface area contributed by atoms with Crippen LogP contribution in [-0.2, 0) is 18.5 Å². The van der Waals surface area contributed by atoms with Crippen LogP contribution in [0.25, 0.3) is 22.3 Å². The number of nitrogens with one attached hydrogen (secondary N) is 3. The molecule has 6 heterocycles. The Bertz CT molecular complexity index is 1880. The lowest BCUT2D eigenvalue weighted by molar-refractivity contribution is 0.264. The number of aryl methyl sites for hydroxylation is 2. The van der Waals surface area contributed by atoms with E-state index in [9.17, 15) is 9.18 Å². The van der Waals surface area contributed by atoms with E-state index in [-0.39, 0.29) is 11.7 Å². The van der Waals surface area contributed by atoms with Crippen LogP contribution in [0.3, 0.4) is 0 Å². The number of benzene rings is 1. The summed E-state index contributed by atoms with van der Waals surface area (Å²) in [6, 6.07) is 10.4. The number of aromatic amines is 2. The SMILES string of the molecule is CCn1nc(C2(c3noc(C)n3)N[C@@H](c3nc(-c4ccc(F)cn4)c[nH]3)Cc3c2[nH]c2ccccc32)oc1=O. The van der Waals surface area contributed by atoms with E-state index < -0.39 is 23.2 Å². The molecular weight excluding hydrogens is 505 g/mol. The van der Waals surface area contributed by atoms with E-state index in [0.717, 1.165) is 22.7 Å². The number of para-hydroxylation sites is 1. The molecule has 6 aromatic rings. The molecule has 0 spiro atoms. The molecule has 12 nitrogen and oxygen atoms in total. The normalized spacial score (nSPS) is 19.0. The second-order valence-electron chi connectivity index (χ2n) is 9.33. The fourth-order valence-electron chi connectivity index (χ4n) is 5.21. The van der Waals surface area contributed by atoms with Gasteiger partial charge in [-0.2, -0.15) is 9.67 Å². The Morgan fingerprint density at radius 1 is 1.18 bits per heavy atom. The number of fused-ring (bicyclic) bond motifs is 3. The molecule has 196 valence electrons. The van der Waals surface area contributed by atoms with E-state index in [1.54, 1.807) is 26.1 Å². The lowest BCUT2D eigenvalue weighted by Crippen LogP contribution is -2.52. The predicted octanol–water partition coefficient (Wildman–Crippen LogP) is 3.13. The third kappa shape index (κ3) is 3.54. The Labute approximate surface area is 219 Å². The van der Waals surface area contributed by atoms with E-state index in [1.807, 2.05) is 24.3 Å². The average molecular weight is 528 g/mol. The van der Waals surface area contributed by atoms with Crippen molar-refractivity contribution in [1.82, 2.24) is 45.2 Å². The summed E-state index contributed by atoms with van der Waals surface area (Å²) in [5, 5.41) is 13.4. The molecule has 0 fully saturated rings. The summed E-state index contributed by atoms with van der Waals surface area (Å²) >= 11 is 0. The van der Waals surface area contributed by atoms with Gasteiger partial charge < -0.3 is 18.9 Å². The monoisotopic (exact) mass is 527 g/mol. The van der Waals surface area contributed by atoms with Gasteiger partial charge in [-0.3, -0.25) is 10.3 Å². The number of aromatic nitrogens is 8. The first-order valence-corrected chi connectivity index (χ1v) is 12.4. The smallest absolute Gasteiger partial charge is 0.389 e. The summed E-state index contributed by atoms with van der Waals surface area (Å²) in [6.45, 7) is 3.81. The maximum atomic E-state index is 13.4. The minimum absolute atomic E-state index is 0.0691. The minimum Gasteiger partial charge on any atom is -0.389 e. The predicted molar refractivity (Wildman–Crippen MR) is 135 cm³/mol. The van der Waals surface area contributed by atoms with Crippen molar-refractivity contribution in [2.24, 2.45) is 0 Å². The molecule has 13 heteroatoms. The Morgan fingerprint density at radius 2 is 2.05 bits per heavy atom. The molecule has 3 N–H and O–H groups in total. The van der Waals surface area contributed by atoms with Crippen LogP contribution in [0.2, 0.25) is 0 Å². The molecule has 0 saturated carbocycles.